The van der Waals surface area contributed by atoms with Crippen molar-refractivity contribution in [2.45, 2.75) is 13.3 Å². The van der Waals surface area contributed by atoms with Gasteiger partial charge in [0.2, 0.25) is 11.8 Å². The van der Waals surface area contributed by atoms with E-state index in [-0.39, 0.29) is 48.6 Å². The topological polar surface area (TPSA) is 113 Å². The van der Waals surface area contributed by atoms with E-state index in [0.717, 1.165) is 44.4 Å². The molecule has 2 N–H and O–H groups in total. The molecule has 1 aliphatic heterocycles. The molecule has 236 valence electrons. The normalized spacial score (nSPS) is 13.5. The molecule has 3 heterocycles. The second-order valence-electron chi connectivity index (χ2n) is 10.0. The molecule has 11 nitrogen and oxygen atoms in total. The van der Waals surface area contributed by atoms with Gasteiger partial charge in [-0.25, -0.2) is 18.1 Å². The van der Waals surface area contributed by atoms with Crippen LogP contribution >= 0.6 is 24.8 Å². The first kappa shape index (κ1) is 34.5. The average molecular weight is 653 g/mol. The van der Waals surface area contributed by atoms with Gasteiger partial charge in [-0.05, 0) is 43.8 Å². The summed E-state index contributed by atoms with van der Waals surface area (Å²) in [6, 6.07) is 8.35. The van der Waals surface area contributed by atoms with Crippen LogP contribution in [0.4, 0.5) is 19.3 Å². The van der Waals surface area contributed by atoms with Crippen LogP contribution in [0.15, 0.2) is 55.0 Å². The molecule has 0 atom stereocenters. The first-order valence-corrected chi connectivity index (χ1v) is 13.4. The van der Waals surface area contributed by atoms with E-state index < -0.39 is 23.6 Å². The summed E-state index contributed by atoms with van der Waals surface area (Å²) in [5.41, 5.74) is 1.93. The van der Waals surface area contributed by atoms with E-state index >= 15 is 0 Å². The number of urea groups is 1. The molecule has 0 radical (unpaired) electrons. The van der Waals surface area contributed by atoms with Crippen LogP contribution in [-0.4, -0.2) is 82.7 Å². The summed E-state index contributed by atoms with van der Waals surface area (Å²) in [6.45, 7) is 7.24. The monoisotopic (exact) mass is 651 g/mol. The fourth-order valence-electron chi connectivity index (χ4n) is 4.57. The number of piperazine rings is 1. The van der Waals surface area contributed by atoms with Crippen LogP contribution in [0.3, 0.4) is 0 Å². The third-order valence-corrected chi connectivity index (χ3v) is 6.94. The third-order valence-electron chi connectivity index (χ3n) is 6.94. The number of rotatable bonds is 9. The number of imide groups is 1. The Bertz CT molecular complexity index is 1580. The van der Waals surface area contributed by atoms with Gasteiger partial charge in [-0.15, -0.1) is 24.8 Å². The van der Waals surface area contributed by atoms with Gasteiger partial charge in [-0.3, -0.25) is 15.0 Å². The van der Waals surface area contributed by atoms with Gasteiger partial charge in [-0.1, -0.05) is 12.1 Å². The van der Waals surface area contributed by atoms with Gasteiger partial charge in [0.25, 0.3) is 0 Å². The molecular formula is C29H33Cl2F2N7O4. The van der Waals surface area contributed by atoms with Crippen molar-refractivity contribution in [3.05, 3.63) is 77.8 Å². The summed E-state index contributed by atoms with van der Waals surface area (Å²) in [5, 5.41) is 8.80. The van der Waals surface area contributed by atoms with E-state index in [9.17, 15) is 18.4 Å². The predicted molar refractivity (Wildman–Crippen MR) is 165 cm³/mol. The van der Waals surface area contributed by atoms with Crippen molar-refractivity contribution in [3.63, 3.8) is 0 Å². The molecule has 0 unspecified atom stereocenters. The van der Waals surface area contributed by atoms with Crippen LogP contribution in [-0.2, 0) is 11.2 Å². The van der Waals surface area contributed by atoms with E-state index in [1.54, 1.807) is 10.7 Å². The standard InChI is InChI=1S/C29H31F2N7O4.2ClH/c1-19-25(41-14-13-37-11-9-36(2)10-12-37)17-38-27(19)28(32-18-33-38)42-24-8-7-22(16-23(24)31)34-29(40)35-26(39)15-20-3-5-21(30)6-4-20;;/h3-8,16-18H,9-15H2,1-2H3,(H2,34,35,39,40);2*1H. The van der Waals surface area contributed by atoms with Crippen LogP contribution in [0.2, 0.25) is 0 Å². The zero-order valence-electron chi connectivity index (χ0n) is 24.1. The minimum atomic E-state index is -0.836. The summed E-state index contributed by atoms with van der Waals surface area (Å²) in [4.78, 5) is 33.2. The number of hydrogen-bond donors (Lipinski definition) is 2. The number of nitrogens with zero attached hydrogens (tertiary/aromatic N) is 5. The molecule has 15 heteroatoms. The summed E-state index contributed by atoms with van der Waals surface area (Å²) < 4.78 is 41.4. The number of amides is 3. The first-order valence-electron chi connectivity index (χ1n) is 13.4. The highest BCUT2D eigenvalue weighted by Gasteiger charge is 2.19. The fraction of sp³-hybridized carbons (Fsp3) is 0.310. The van der Waals surface area contributed by atoms with Crippen molar-refractivity contribution < 1.29 is 27.8 Å². The Hall–Kier alpha value is -4.04. The lowest BCUT2D eigenvalue weighted by molar-refractivity contribution is -0.119. The molecule has 0 bridgehead atoms. The molecule has 4 aromatic rings. The van der Waals surface area contributed by atoms with Crippen LogP contribution < -0.4 is 20.1 Å². The molecule has 1 saturated heterocycles. The van der Waals surface area contributed by atoms with Gasteiger partial charge in [0, 0.05) is 50.0 Å². The lowest BCUT2D eigenvalue weighted by Gasteiger charge is -2.32. The maximum atomic E-state index is 15.0. The van der Waals surface area contributed by atoms with Gasteiger partial charge in [0.05, 0.1) is 12.6 Å². The quantitative estimate of drug-likeness (QED) is 0.273. The van der Waals surface area contributed by atoms with E-state index in [2.05, 4.69) is 37.6 Å². The molecular weight excluding hydrogens is 619 g/mol. The highest BCUT2D eigenvalue weighted by Crippen LogP contribution is 2.33. The number of nitrogens with one attached hydrogen (secondary N) is 2. The highest BCUT2D eigenvalue weighted by atomic mass is 35.5. The molecule has 0 saturated carbocycles. The maximum absolute atomic E-state index is 15.0. The van der Waals surface area contributed by atoms with Gasteiger partial charge < -0.3 is 19.7 Å². The molecule has 2 aromatic carbocycles. The number of hydrogen-bond acceptors (Lipinski definition) is 8. The largest absolute Gasteiger partial charge is 0.490 e. The summed E-state index contributed by atoms with van der Waals surface area (Å²) in [6.07, 6.45) is 2.92. The van der Waals surface area contributed by atoms with Crippen molar-refractivity contribution in [3.8, 4) is 17.4 Å². The Morgan fingerprint density at radius 1 is 1.00 bits per heavy atom. The minimum absolute atomic E-state index is 0. The molecule has 1 fully saturated rings. The third kappa shape index (κ3) is 8.76. The number of likely N-dealkylation sites (N-methyl/N-ethyl adjacent to an activating group) is 1. The highest BCUT2D eigenvalue weighted by molar-refractivity contribution is 6.01. The van der Waals surface area contributed by atoms with E-state index in [1.807, 2.05) is 6.92 Å². The second-order valence-corrected chi connectivity index (χ2v) is 10.0. The smallest absolute Gasteiger partial charge is 0.325 e. The predicted octanol–water partition coefficient (Wildman–Crippen LogP) is 4.47. The maximum Gasteiger partial charge on any atom is 0.325 e. The molecule has 1 aliphatic rings. The Labute approximate surface area is 265 Å². The molecule has 44 heavy (non-hydrogen) atoms. The Morgan fingerprint density at radius 3 is 2.43 bits per heavy atom. The van der Waals surface area contributed by atoms with Gasteiger partial charge in [0.15, 0.2) is 11.6 Å². The summed E-state index contributed by atoms with van der Waals surface area (Å²) in [7, 11) is 2.12. The van der Waals surface area contributed by atoms with Crippen molar-refractivity contribution in [1.82, 2.24) is 29.7 Å². The number of anilines is 1. The number of halogens is 4. The van der Waals surface area contributed by atoms with Crippen molar-refractivity contribution in [1.29, 1.82) is 0 Å². The molecule has 5 rings (SSSR count). The van der Waals surface area contributed by atoms with Crippen molar-refractivity contribution in [2.75, 3.05) is 51.7 Å². The van der Waals surface area contributed by atoms with Crippen LogP contribution in [0.5, 0.6) is 17.4 Å². The Balaban J connectivity index is 0.00000264. The molecule has 3 amide bonds. The number of carbonyl (C=O) groups is 2. The molecule has 2 aromatic heterocycles. The van der Waals surface area contributed by atoms with E-state index in [4.69, 9.17) is 9.47 Å². The summed E-state index contributed by atoms with van der Waals surface area (Å²) in [5.74, 6) is -1.13. The van der Waals surface area contributed by atoms with Crippen LogP contribution in [0.1, 0.15) is 11.1 Å². The lowest BCUT2D eigenvalue weighted by atomic mass is 10.1. The number of ether oxygens (including phenoxy) is 2. The van der Waals surface area contributed by atoms with E-state index in [1.165, 1.54) is 42.7 Å². The van der Waals surface area contributed by atoms with Gasteiger partial charge in [-0.2, -0.15) is 10.1 Å². The van der Waals surface area contributed by atoms with E-state index in [0.29, 0.717) is 23.4 Å². The van der Waals surface area contributed by atoms with Crippen LogP contribution in [0.25, 0.3) is 5.52 Å². The van der Waals surface area contributed by atoms with Gasteiger partial charge in [0.1, 0.15) is 30.0 Å². The van der Waals surface area contributed by atoms with Gasteiger partial charge >= 0.3 is 6.03 Å². The number of benzene rings is 2. The second kappa shape index (κ2) is 15.6. The Kier molecular flexibility index (Phi) is 12.2. The SMILES string of the molecule is Cc1c(OCCN2CCN(C)CC2)cn2ncnc(Oc3ccc(NC(=O)NC(=O)Cc4ccc(F)cc4)cc3F)c12.Cl.Cl. The first-order chi connectivity index (χ1) is 20.2. The number of fused-ring (bicyclic) bond motifs is 1. The average Bonchev–Trinajstić information content (AvgIpc) is 3.28. The van der Waals surface area contributed by atoms with Crippen molar-refractivity contribution >= 4 is 48.0 Å². The number of carbonyl (C=O) groups excluding carboxylic acids is 2. The number of aryl methyl sites for hydroxylation is 1. The minimum Gasteiger partial charge on any atom is -0.490 e. The fourth-order valence-corrected chi connectivity index (χ4v) is 4.57. The zero-order chi connectivity index (χ0) is 29.6. The zero-order valence-corrected chi connectivity index (χ0v) is 25.7. The Morgan fingerprint density at radius 2 is 1.73 bits per heavy atom. The number of aromatic nitrogens is 3. The summed E-state index contributed by atoms with van der Waals surface area (Å²) >= 11 is 0. The lowest BCUT2D eigenvalue weighted by Crippen LogP contribution is -2.45. The molecule has 0 aliphatic carbocycles. The van der Waals surface area contributed by atoms with Crippen molar-refractivity contribution in [2.24, 2.45) is 0 Å². The van der Waals surface area contributed by atoms with Crippen LogP contribution in [0, 0.1) is 18.6 Å². The molecule has 0 spiro atoms.